The Morgan fingerprint density at radius 3 is 2.64 bits per heavy atom. The number of hydrogen-bond acceptors (Lipinski definition) is 4. The zero-order valence-electron chi connectivity index (χ0n) is 15.2. The minimum atomic E-state index is 0.251. The summed E-state index contributed by atoms with van der Waals surface area (Å²) in [5.74, 6) is 1.51. The molecular weight excluding hydrogens is 312 g/mol. The van der Waals surface area contributed by atoms with Crippen LogP contribution in [0.4, 0.5) is 0 Å². The molecule has 0 spiro atoms. The quantitative estimate of drug-likeness (QED) is 0.888. The molecule has 0 aromatic heterocycles. The Kier molecular flexibility index (Phi) is 5.06. The van der Waals surface area contributed by atoms with Crippen molar-refractivity contribution in [2.45, 2.75) is 12.5 Å². The van der Waals surface area contributed by atoms with Gasteiger partial charge in [0.15, 0.2) is 0 Å². The summed E-state index contributed by atoms with van der Waals surface area (Å²) in [5, 5.41) is 3.52. The van der Waals surface area contributed by atoms with Gasteiger partial charge in [-0.05, 0) is 18.5 Å². The van der Waals surface area contributed by atoms with E-state index in [0.29, 0.717) is 24.2 Å². The fourth-order valence-corrected chi connectivity index (χ4v) is 4.72. The van der Waals surface area contributed by atoms with E-state index < -0.39 is 0 Å². The van der Waals surface area contributed by atoms with E-state index in [9.17, 15) is 4.79 Å². The summed E-state index contributed by atoms with van der Waals surface area (Å²) in [6.45, 7) is 8.29. The number of rotatable bonds is 4. The molecule has 3 fully saturated rings. The van der Waals surface area contributed by atoms with Gasteiger partial charge in [-0.1, -0.05) is 30.3 Å². The molecule has 5 nitrogen and oxygen atoms in total. The van der Waals surface area contributed by atoms with Crippen LogP contribution in [0.25, 0.3) is 0 Å². The Morgan fingerprint density at radius 2 is 1.88 bits per heavy atom. The molecule has 0 bridgehead atoms. The molecular formula is C20H30N4O. The summed E-state index contributed by atoms with van der Waals surface area (Å²) in [5.41, 5.74) is 1.30. The Balaban J connectivity index is 1.42. The van der Waals surface area contributed by atoms with Gasteiger partial charge in [0.1, 0.15) is 0 Å². The number of fused-ring (bicyclic) bond motifs is 1. The predicted octanol–water partition coefficient (Wildman–Crippen LogP) is 1.04. The van der Waals surface area contributed by atoms with Crippen molar-refractivity contribution in [3.63, 3.8) is 0 Å². The molecule has 25 heavy (non-hydrogen) atoms. The first-order valence-electron chi connectivity index (χ1n) is 9.68. The molecule has 1 aromatic rings. The lowest BCUT2D eigenvalue weighted by Gasteiger charge is -2.33. The van der Waals surface area contributed by atoms with Crippen molar-refractivity contribution in [1.82, 2.24) is 20.0 Å². The number of amides is 1. The highest BCUT2D eigenvalue weighted by atomic mass is 16.2. The summed E-state index contributed by atoms with van der Waals surface area (Å²) >= 11 is 0. The second kappa shape index (κ2) is 7.44. The standard InChI is InChI=1S/C20H30N4O/c1-22-9-11-23(12-10-22)8-7-19(25)24-15-17-13-21-14-18(17)20(24)16-5-3-2-4-6-16/h2-6,17-18,20-21H,7-15H2,1H3/t17-,18-,20-/m0/s1. The second-order valence-electron chi connectivity index (χ2n) is 7.88. The van der Waals surface area contributed by atoms with E-state index in [1.54, 1.807) is 0 Å². The maximum absolute atomic E-state index is 13.0. The summed E-state index contributed by atoms with van der Waals surface area (Å²) < 4.78 is 0. The van der Waals surface area contributed by atoms with E-state index in [1.807, 2.05) is 0 Å². The molecule has 136 valence electrons. The van der Waals surface area contributed by atoms with Gasteiger partial charge in [-0.3, -0.25) is 4.79 Å². The maximum atomic E-state index is 13.0. The first-order chi connectivity index (χ1) is 12.2. The summed E-state index contributed by atoms with van der Waals surface area (Å²) in [6.07, 6.45) is 0.653. The van der Waals surface area contributed by atoms with Gasteiger partial charge in [0.25, 0.3) is 0 Å². The van der Waals surface area contributed by atoms with E-state index in [4.69, 9.17) is 0 Å². The van der Waals surface area contributed by atoms with E-state index in [0.717, 1.165) is 52.4 Å². The minimum absolute atomic E-state index is 0.251. The Bertz CT molecular complexity index is 585. The monoisotopic (exact) mass is 342 g/mol. The highest BCUT2D eigenvalue weighted by molar-refractivity contribution is 5.77. The molecule has 3 saturated heterocycles. The van der Waals surface area contributed by atoms with Crippen LogP contribution in [0.15, 0.2) is 30.3 Å². The molecule has 3 atom stereocenters. The van der Waals surface area contributed by atoms with Crippen LogP contribution in [-0.2, 0) is 4.79 Å². The molecule has 0 aliphatic carbocycles. The van der Waals surface area contributed by atoms with Crippen molar-refractivity contribution < 1.29 is 4.79 Å². The van der Waals surface area contributed by atoms with Crippen LogP contribution in [0.5, 0.6) is 0 Å². The number of carbonyl (C=O) groups is 1. The van der Waals surface area contributed by atoms with Crippen molar-refractivity contribution in [3.8, 4) is 0 Å². The Labute approximate surface area is 151 Å². The molecule has 3 aliphatic rings. The molecule has 0 unspecified atom stereocenters. The Morgan fingerprint density at radius 1 is 1.12 bits per heavy atom. The van der Waals surface area contributed by atoms with Gasteiger partial charge in [-0.25, -0.2) is 0 Å². The zero-order chi connectivity index (χ0) is 17.2. The van der Waals surface area contributed by atoms with Gasteiger partial charge < -0.3 is 20.0 Å². The van der Waals surface area contributed by atoms with Gasteiger partial charge in [0.05, 0.1) is 6.04 Å². The lowest BCUT2D eigenvalue weighted by Crippen LogP contribution is -2.45. The van der Waals surface area contributed by atoms with Gasteiger partial charge in [0.2, 0.25) is 5.91 Å². The second-order valence-corrected chi connectivity index (χ2v) is 7.88. The smallest absolute Gasteiger partial charge is 0.224 e. The number of benzene rings is 1. The van der Waals surface area contributed by atoms with E-state index in [2.05, 4.69) is 57.4 Å². The molecule has 3 aliphatic heterocycles. The van der Waals surface area contributed by atoms with Crippen LogP contribution >= 0.6 is 0 Å². The predicted molar refractivity (Wildman–Crippen MR) is 99.3 cm³/mol. The van der Waals surface area contributed by atoms with Gasteiger partial charge >= 0.3 is 0 Å². The van der Waals surface area contributed by atoms with Crippen molar-refractivity contribution in [3.05, 3.63) is 35.9 Å². The fourth-order valence-electron chi connectivity index (χ4n) is 4.72. The Hall–Kier alpha value is -1.43. The van der Waals surface area contributed by atoms with E-state index >= 15 is 0 Å². The number of likely N-dealkylation sites (tertiary alicyclic amines) is 1. The van der Waals surface area contributed by atoms with Crippen LogP contribution in [0, 0.1) is 11.8 Å². The average molecular weight is 342 g/mol. The van der Waals surface area contributed by atoms with E-state index in [1.165, 1.54) is 5.56 Å². The van der Waals surface area contributed by atoms with Crippen molar-refractivity contribution >= 4 is 5.91 Å². The molecule has 0 saturated carbocycles. The molecule has 5 heteroatoms. The summed E-state index contributed by atoms with van der Waals surface area (Å²) in [6, 6.07) is 10.9. The highest BCUT2D eigenvalue weighted by Crippen LogP contribution is 2.42. The minimum Gasteiger partial charge on any atom is -0.335 e. The normalized spacial score (nSPS) is 30.6. The number of nitrogens with zero attached hydrogens (tertiary/aromatic N) is 3. The molecule has 1 aromatic carbocycles. The van der Waals surface area contributed by atoms with Crippen LogP contribution in [0.3, 0.4) is 0 Å². The van der Waals surface area contributed by atoms with Crippen molar-refractivity contribution in [2.24, 2.45) is 11.8 Å². The average Bonchev–Trinajstić information content (AvgIpc) is 3.22. The van der Waals surface area contributed by atoms with Gasteiger partial charge in [0, 0.05) is 64.7 Å². The maximum Gasteiger partial charge on any atom is 0.224 e. The number of likely N-dealkylation sites (N-methyl/N-ethyl adjacent to an activating group) is 1. The molecule has 1 N–H and O–H groups in total. The van der Waals surface area contributed by atoms with Crippen LogP contribution < -0.4 is 5.32 Å². The van der Waals surface area contributed by atoms with Gasteiger partial charge in [-0.15, -0.1) is 0 Å². The van der Waals surface area contributed by atoms with Crippen LogP contribution in [0.1, 0.15) is 18.0 Å². The fraction of sp³-hybridized carbons (Fsp3) is 0.650. The SMILES string of the molecule is CN1CCN(CCC(=O)N2C[C@@H]3CNC[C@@H]3[C@@H]2c2ccccc2)CC1. The summed E-state index contributed by atoms with van der Waals surface area (Å²) in [4.78, 5) is 20.0. The lowest BCUT2D eigenvalue weighted by molar-refractivity contribution is -0.133. The third-order valence-corrected chi connectivity index (χ3v) is 6.26. The molecule has 3 heterocycles. The molecule has 1 amide bonds. The van der Waals surface area contributed by atoms with Crippen molar-refractivity contribution in [1.29, 1.82) is 0 Å². The van der Waals surface area contributed by atoms with E-state index in [-0.39, 0.29) is 6.04 Å². The topological polar surface area (TPSA) is 38.8 Å². The molecule has 0 radical (unpaired) electrons. The number of piperazine rings is 1. The highest BCUT2D eigenvalue weighted by Gasteiger charge is 2.46. The number of nitrogens with one attached hydrogen (secondary N) is 1. The van der Waals surface area contributed by atoms with Gasteiger partial charge in [-0.2, -0.15) is 0 Å². The third kappa shape index (κ3) is 3.59. The number of carbonyl (C=O) groups excluding carboxylic acids is 1. The first-order valence-corrected chi connectivity index (χ1v) is 9.68. The molecule has 4 rings (SSSR count). The number of hydrogen-bond donors (Lipinski definition) is 1. The largest absolute Gasteiger partial charge is 0.335 e. The zero-order valence-corrected chi connectivity index (χ0v) is 15.2. The van der Waals surface area contributed by atoms with Crippen molar-refractivity contribution in [2.75, 3.05) is 59.4 Å². The van der Waals surface area contributed by atoms with Crippen LogP contribution in [0.2, 0.25) is 0 Å². The summed E-state index contributed by atoms with van der Waals surface area (Å²) in [7, 11) is 2.17. The van der Waals surface area contributed by atoms with Crippen LogP contribution in [-0.4, -0.2) is 80.0 Å². The lowest BCUT2D eigenvalue weighted by atomic mass is 9.89. The third-order valence-electron chi connectivity index (χ3n) is 6.26. The first kappa shape index (κ1) is 17.0.